The molecule has 1 aliphatic heterocycles. The van der Waals surface area contributed by atoms with Gasteiger partial charge in [0.2, 0.25) is 5.91 Å². The third-order valence-corrected chi connectivity index (χ3v) is 5.47. The van der Waals surface area contributed by atoms with Crippen LogP contribution in [-0.4, -0.2) is 53.8 Å². The zero-order valence-corrected chi connectivity index (χ0v) is 17.6. The molecule has 1 saturated heterocycles. The van der Waals surface area contributed by atoms with Gasteiger partial charge in [-0.25, -0.2) is 0 Å². The molecule has 154 valence electrons. The fourth-order valence-corrected chi connectivity index (χ4v) is 3.61. The molecule has 1 heterocycles. The number of carbonyl (C=O) groups excluding carboxylic acids is 2. The number of nitrogens with one attached hydrogen (secondary N) is 1. The Morgan fingerprint density at radius 1 is 0.931 bits per heavy atom. The molecule has 0 spiro atoms. The lowest BCUT2D eigenvalue weighted by molar-refractivity contribution is -0.136. The third-order valence-electron chi connectivity index (χ3n) is 5.47. The smallest absolute Gasteiger partial charge is 0.251 e. The normalized spacial score (nSPS) is 15.9. The summed E-state index contributed by atoms with van der Waals surface area (Å²) in [5.74, 6) is -0.154. The maximum absolute atomic E-state index is 13.1. The van der Waals surface area contributed by atoms with Gasteiger partial charge in [-0.15, -0.1) is 0 Å². The number of rotatable bonds is 6. The summed E-state index contributed by atoms with van der Waals surface area (Å²) in [6.45, 7) is 9.91. The standard InChI is InChI=1S/C24H31N3O2/c1-18(2)22(25-23(28)21-11-9-19(3)10-12-21)24(29)27-15-13-26(14-16-27)17-20-7-5-4-6-8-20/h4-12,18,22H,13-17H2,1-3H3,(H,25,28)/t22-/m0/s1. The summed E-state index contributed by atoms with van der Waals surface area (Å²) in [6.07, 6.45) is 0. The number of hydrogen-bond donors (Lipinski definition) is 1. The molecule has 1 fully saturated rings. The van der Waals surface area contributed by atoms with Gasteiger partial charge in [0.1, 0.15) is 6.04 Å². The van der Waals surface area contributed by atoms with Crippen molar-refractivity contribution in [2.24, 2.45) is 5.92 Å². The minimum absolute atomic E-state index is 0.0137. The van der Waals surface area contributed by atoms with Gasteiger partial charge < -0.3 is 10.2 Å². The minimum atomic E-state index is -0.510. The molecular formula is C24H31N3O2. The molecule has 1 N–H and O–H groups in total. The summed E-state index contributed by atoms with van der Waals surface area (Å²) in [6, 6.07) is 17.3. The average molecular weight is 394 g/mol. The molecule has 1 aliphatic rings. The van der Waals surface area contributed by atoms with Crippen LogP contribution in [0.5, 0.6) is 0 Å². The maximum atomic E-state index is 13.1. The molecule has 3 rings (SSSR count). The Morgan fingerprint density at radius 2 is 1.55 bits per heavy atom. The van der Waals surface area contributed by atoms with Crippen molar-refractivity contribution in [3.63, 3.8) is 0 Å². The van der Waals surface area contributed by atoms with Crippen molar-refractivity contribution in [3.05, 3.63) is 71.3 Å². The summed E-state index contributed by atoms with van der Waals surface area (Å²) in [4.78, 5) is 30.0. The van der Waals surface area contributed by atoms with E-state index >= 15 is 0 Å². The van der Waals surface area contributed by atoms with Gasteiger partial charge in [-0.1, -0.05) is 61.9 Å². The van der Waals surface area contributed by atoms with Crippen molar-refractivity contribution in [1.29, 1.82) is 0 Å². The van der Waals surface area contributed by atoms with Crippen LogP contribution >= 0.6 is 0 Å². The van der Waals surface area contributed by atoms with Gasteiger partial charge in [0.05, 0.1) is 0 Å². The maximum Gasteiger partial charge on any atom is 0.251 e. The second-order valence-corrected chi connectivity index (χ2v) is 8.15. The quantitative estimate of drug-likeness (QED) is 0.821. The van der Waals surface area contributed by atoms with E-state index in [4.69, 9.17) is 0 Å². The first-order valence-corrected chi connectivity index (χ1v) is 10.4. The average Bonchev–Trinajstić information content (AvgIpc) is 2.73. The van der Waals surface area contributed by atoms with Crippen molar-refractivity contribution >= 4 is 11.8 Å². The Bertz CT molecular complexity index is 810. The lowest BCUT2D eigenvalue weighted by Crippen LogP contribution is -2.56. The number of amides is 2. The molecule has 0 aliphatic carbocycles. The summed E-state index contributed by atoms with van der Waals surface area (Å²) < 4.78 is 0. The zero-order chi connectivity index (χ0) is 20.8. The van der Waals surface area contributed by atoms with Crippen molar-refractivity contribution in [2.45, 2.75) is 33.4 Å². The van der Waals surface area contributed by atoms with Gasteiger partial charge in [-0.05, 0) is 30.5 Å². The van der Waals surface area contributed by atoms with Crippen LogP contribution in [-0.2, 0) is 11.3 Å². The van der Waals surface area contributed by atoms with E-state index < -0.39 is 6.04 Å². The van der Waals surface area contributed by atoms with E-state index in [1.54, 1.807) is 12.1 Å². The molecule has 29 heavy (non-hydrogen) atoms. The van der Waals surface area contributed by atoms with Crippen LogP contribution in [0.1, 0.15) is 35.3 Å². The first kappa shape index (κ1) is 21.1. The van der Waals surface area contributed by atoms with Crippen LogP contribution in [0, 0.1) is 12.8 Å². The van der Waals surface area contributed by atoms with Gasteiger partial charge in [0.15, 0.2) is 0 Å². The summed E-state index contributed by atoms with van der Waals surface area (Å²) in [5.41, 5.74) is 2.98. The van der Waals surface area contributed by atoms with E-state index in [1.807, 2.05) is 43.9 Å². The van der Waals surface area contributed by atoms with Crippen LogP contribution in [0.25, 0.3) is 0 Å². The number of carbonyl (C=O) groups is 2. The van der Waals surface area contributed by atoms with Crippen LogP contribution in [0.2, 0.25) is 0 Å². The molecule has 5 nitrogen and oxygen atoms in total. The van der Waals surface area contributed by atoms with E-state index in [0.29, 0.717) is 18.7 Å². The minimum Gasteiger partial charge on any atom is -0.340 e. The zero-order valence-electron chi connectivity index (χ0n) is 17.6. The topological polar surface area (TPSA) is 52.7 Å². The molecular weight excluding hydrogens is 362 g/mol. The van der Waals surface area contributed by atoms with Crippen molar-refractivity contribution in [2.75, 3.05) is 26.2 Å². The van der Waals surface area contributed by atoms with Crippen LogP contribution in [0.15, 0.2) is 54.6 Å². The summed E-state index contributed by atoms with van der Waals surface area (Å²) >= 11 is 0. The highest BCUT2D eigenvalue weighted by Crippen LogP contribution is 2.13. The molecule has 0 unspecified atom stereocenters. The largest absolute Gasteiger partial charge is 0.340 e. The molecule has 2 aromatic rings. The Balaban J connectivity index is 1.57. The highest BCUT2D eigenvalue weighted by Gasteiger charge is 2.30. The third kappa shape index (κ3) is 5.67. The van der Waals surface area contributed by atoms with Gasteiger partial charge in [-0.2, -0.15) is 0 Å². The fraction of sp³-hybridized carbons (Fsp3) is 0.417. The summed E-state index contributed by atoms with van der Waals surface area (Å²) in [7, 11) is 0. The lowest BCUT2D eigenvalue weighted by Gasteiger charge is -2.37. The molecule has 0 aromatic heterocycles. The van der Waals surface area contributed by atoms with Crippen LogP contribution < -0.4 is 5.32 Å². The predicted molar refractivity (Wildman–Crippen MR) is 116 cm³/mol. The van der Waals surface area contributed by atoms with Gasteiger partial charge in [0, 0.05) is 38.3 Å². The molecule has 0 saturated carbocycles. The molecule has 2 aromatic carbocycles. The SMILES string of the molecule is Cc1ccc(C(=O)N[C@H](C(=O)N2CCN(Cc3ccccc3)CC2)C(C)C)cc1. The molecule has 0 radical (unpaired) electrons. The second-order valence-electron chi connectivity index (χ2n) is 8.15. The fourth-order valence-electron chi connectivity index (χ4n) is 3.61. The molecule has 5 heteroatoms. The van der Waals surface area contributed by atoms with Crippen molar-refractivity contribution in [3.8, 4) is 0 Å². The summed E-state index contributed by atoms with van der Waals surface area (Å²) in [5, 5.41) is 2.96. The Labute approximate surface area is 173 Å². The number of piperazine rings is 1. The van der Waals surface area contributed by atoms with Crippen molar-refractivity contribution in [1.82, 2.24) is 15.1 Å². The predicted octanol–water partition coefficient (Wildman–Crippen LogP) is 3.09. The molecule has 1 atom stereocenters. The Kier molecular flexibility index (Phi) is 7.04. The van der Waals surface area contributed by atoms with E-state index in [2.05, 4.69) is 34.5 Å². The number of nitrogens with zero attached hydrogens (tertiary/aromatic N) is 2. The van der Waals surface area contributed by atoms with Gasteiger partial charge in [-0.3, -0.25) is 14.5 Å². The Morgan fingerprint density at radius 3 is 2.14 bits per heavy atom. The van der Waals surface area contributed by atoms with Gasteiger partial charge in [0.25, 0.3) is 5.91 Å². The van der Waals surface area contributed by atoms with Gasteiger partial charge >= 0.3 is 0 Å². The number of aryl methyl sites for hydroxylation is 1. The Hall–Kier alpha value is -2.66. The lowest BCUT2D eigenvalue weighted by atomic mass is 10.0. The van der Waals surface area contributed by atoms with Crippen molar-refractivity contribution < 1.29 is 9.59 Å². The monoisotopic (exact) mass is 393 g/mol. The molecule has 2 amide bonds. The highest BCUT2D eigenvalue weighted by atomic mass is 16.2. The van der Waals surface area contributed by atoms with E-state index in [1.165, 1.54) is 5.56 Å². The van der Waals surface area contributed by atoms with E-state index in [9.17, 15) is 9.59 Å². The second kappa shape index (κ2) is 9.70. The first-order chi connectivity index (χ1) is 13.9. The molecule has 0 bridgehead atoms. The first-order valence-electron chi connectivity index (χ1n) is 10.4. The van der Waals surface area contributed by atoms with Crippen LogP contribution in [0.4, 0.5) is 0 Å². The number of benzene rings is 2. The van der Waals surface area contributed by atoms with Crippen LogP contribution in [0.3, 0.4) is 0 Å². The highest BCUT2D eigenvalue weighted by molar-refractivity contribution is 5.97. The number of hydrogen-bond acceptors (Lipinski definition) is 3. The van der Waals surface area contributed by atoms with E-state index in [-0.39, 0.29) is 17.7 Å². The van der Waals surface area contributed by atoms with E-state index in [0.717, 1.165) is 25.2 Å².